The number of ether oxygens (including phenoxy) is 2. The van der Waals surface area contributed by atoms with Gasteiger partial charge >= 0.3 is 0 Å². The number of aromatic nitrogens is 2. The number of hydrogen-bond acceptors (Lipinski definition) is 16. The van der Waals surface area contributed by atoms with Crippen molar-refractivity contribution in [1.29, 1.82) is 0 Å². The fraction of sp³-hybridized carbons (Fsp3) is 0.569. The highest BCUT2D eigenvalue weighted by Crippen LogP contribution is 2.44. The largest absolute Gasteiger partial charge is 0.494 e. The summed E-state index contributed by atoms with van der Waals surface area (Å²) in [5, 5.41) is 45.4. The number of piperidine rings is 2. The molecule has 5 atom stereocenters. The van der Waals surface area contributed by atoms with Crippen LogP contribution in [0.2, 0.25) is 0 Å². The highest BCUT2D eigenvalue weighted by Gasteiger charge is 2.45. The zero-order valence-electron chi connectivity index (χ0n) is 40.2. The molecule has 17 nitrogen and oxygen atoms in total. The van der Waals surface area contributed by atoms with Gasteiger partial charge in [0.15, 0.2) is 0 Å². The number of fused-ring (bicyclic) bond motifs is 1. The Morgan fingerprint density at radius 1 is 0.739 bits per heavy atom. The summed E-state index contributed by atoms with van der Waals surface area (Å²) in [6.07, 6.45) is 3.12. The van der Waals surface area contributed by atoms with Crippen molar-refractivity contribution >= 4 is 21.7 Å². The number of anilines is 2. The Balaban J connectivity index is 0.628. The van der Waals surface area contributed by atoms with E-state index in [2.05, 4.69) is 89.9 Å². The van der Waals surface area contributed by atoms with Crippen LogP contribution in [-0.4, -0.2) is 162 Å². The van der Waals surface area contributed by atoms with E-state index in [1.54, 1.807) is 11.0 Å². The molecule has 0 bridgehead atoms. The third kappa shape index (κ3) is 12.2. The molecule has 3 aromatic carbocycles. The molecule has 4 aromatic rings. The molecular formula is C51H71N9O8S. The molecule has 18 heteroatoms. The van der Waals surface area contributed by atoms with Gasteiger partial charge in [-0.1, -0.05) is 44.2 Å². The molecular weight excluding hydrogens is 899 g/mol. The Bertz CT molecular complexity index is 2430. The molecule has 374 valence electrons. The van der Waals surface area contributed by atoms with Crippen LogP contribution in [0.4, 0.5) is 11.6 Å². The molecule has 5 unspecified atom stereocenters. The Labute approximate surface area is 407 Å². The Morgan fingerprint density at radius 2 is 1.36 bits per heavy atom. The predicted molar refractivity (Wildman–Crippen MR) is 264 cm³/mol. The monoisotopic (exact) mass is 970 g/mol. The number of nitrogens with zero attached hydrogens (tertiary/aromatic N) is 7. The quantitative estimate of drug-likeness (QED) is 0.0789. The predicted octanol–water partition coefficient (Wildman–Crippen LogP) is 3.67. The maximum Gasteiger partial charge on any atom is 0.236 e. The molecule has 6 N–H and O–H groups in total. The van der Waals surface area contributed by atoms with E-state index < -0.39 is 41.0 Å². The first-order valence-corrected chi connectivity index (χ1v) is 26.6. The fourth-order valence-electron chi connectivity index (χ4n) is 10.8. The molecule has 0 spiro atoms. The van der Waals surface area contributed by atoms with Crippen LogP contribution >= 0.6 is 0 Å². The van der Waals surface area contributed by atoms with Crippen LogP contribution in [0.15, 0.2) is 79.0 Å². The highest BCUT2D eigenvalue weighted by molar-refractivity contribution is 7.92. The number of benzene rings is 3. The lowest BCUT2D eigenvalue weighted by molar-refractivity contribution is -0.159. The lowest BCUT2D eigenvalue weighted by Gasteiger charge is -2.45. The van der Waals surface area contributed by atoms with E-state index in [9.17, 15) is 28.8 Å². The van der Waals surface area contributed by atoms with Crippen LogP contribution in [0, 0.1) is 11.8 Å². The molecule has 4 fully saturated rings. The van der Waals surface area contributed by atoms with Crippen LogP contribution in [-0.2, 0) is 22.0 Å². The second-order valence-corrected chi connectivity index (χ2v) is 22.1. The third-order valence-electron chi connectivity index (χ3n) is 15.0. The minimum absolute atomic E-state index is 0.0162. The topological polar surface area (TPSA) is 200 Å². The normalized spacial score (nSPS) is 24.8. The van der Waals surface area contributed by atoms with E-state index in [-0.39, 0.29) is 18.0 Å². The maximum absolute atomic E-state index is 11.5. The molecule has 5 aliphatic rings. The van der Waals surface area contributed by atoms with Gasteiger partial charge in [0.1, 0.15) is 43.0 Å². The van der Waals surface area contributed by atoms with Crippen molar-refractivity contribution in [2.24, 2.45) is 11.8 Å². The minimum Gasteiger partial charge on any atom is -0.494 e. The molecule has 0 aliphatic carbocycles. The van der Waals surface area contributed by atoms with Gasteiger partial charge in [-0.15, -0.1) is 0 Å². The first-order valence-electron chi connectivity index (χ1n) is 24.7. The van der Waals surface area contributed by atoms with Crippen LogP contribution < -0.4 is 24.4 Å². The lowest BCUT2D eigenvalue weighted by Crippen LogP contribution is -2.57. The van der Waals surface area contributed by atoms with Gasteiger partial charge < -0.3 is 49.5 Å². The van der Waals surface area contributed by atoms with Gasteiger partial charge in [-0.3, -0.25) is 10.0 Å². The fourth-order valence-corrected chi connectivity index (χ4v) is 11.3. The summed E-state index contributed by atoms with van der Waals surface area (Å²) < 4.78 is 37.5. The Hall–Kier alpha value is -4.47. The van der Waals surface area contributed by atoms with E-state index in [0.29, 0.717) is 47.9 Å². The minimum atomic E-state index is -3.47. The first-order chi connectivity index (χ1) is 33.1. The molecule has 1 aromatic heterocycles. The molecule has 0 saturated carbocycles. The van der Waals surface area contributed by atoms with Crippen LogP contribution in [0.1, 0.15) is 86.4 Å². The van der Waals surface area contributed by atoms with Crippen LogP contribution in [0.3, 0.4) is 0 Å². The molecule has 69 heavy (non-hydrogen) atoms. The number of sulfonamides is 1. The summed E-state index contributed by atoms with van der Waals surface area (Å²) in [6.45, 7) is 17.4. The van der Waals surface area contributed by atoms with E-state index in [1.807, 2.05) is 30.3 Å². The molecule has 4 saturated heterocycles. The van der Waals surface area contributed by atoms with E-state index in [1.165, 1.54) is 31.1 Å². The number of aliphatic hydroxyl groups is 4. The summed E-state index contributed by atoms with van der Waals surface area (Å²) in [5.74, 6) is 2.96. The Morgan fingerprint density at radius 3 is 2.03 bits per heavy atom. The summed E-state index contributed by atoms with van der Waals surface area (Å²) >= 11 is 0. The van der Waals surface area contributed by atoms with Gasteiger partial charge in [-0.2, -0.15) is 0 Å². The second-order valence-electron chi connectivity index (χ2n) is 20.3. The average Bonchev–Trinajstić information content (AvgIpc) is 3.56. The van der Waals surface area contributed by atoms with Gasteiger partial charge in [-0.05, 0) is 105 Å². The first kappa shape index (κ1) is 49.5. The van der Waals surface area contributed by atoms with Crippen LogP contribution in [0.25, 0.3) is 0 Å². The van der Waals surface area contributed by atoms with Crippen molar-refractivity contribution in [3.05, 3.63) is 107 Å². The van der Waals surface area contributed by atoms with Crippen molar-refractivity contribution in [2.45, 2.75) is 88.9 Å². The van der Waals surface area contributed by atoms with Gasteiger partial charge in [0, 0.05) is 93.2 Å². The SMILES string of the molecule is CC(C)(c1ccc(OCCCN2CCN(CC3CCN(CC4CN(c5ccc6c(c5)C(O)N(C5CCC(O)NC5O)C6O)C4)CC3)CC2)cc1)c1ccc(OCc2ccnc(NS(C)(=O)=O)n2)cc1. The number of hydrogen-bond donors (Lipinski definition) is 6. The van der Waals surface area contributed by atoms with Crippen molar-refractivity contribution in [1.82, 2.24) is 34.9 Å². The number of nitrogens with one attached hydrogen (secondary N) is 2. The van der Waals surface area contributed by atoms with Crippen molar-refractivity contribution in [3.8, 4) is 11.5 Å². The Kier molecular flexibility index (Phi) is 15.4. The number of aliphatic hydroxyl groups excluding tert-OH is 4. The van der Waals surface area contributed by atoms with E-state index in [4.69, 9.17) is 9.47 Å². The molecule has 0 radical (unpaired) electrons. The summed E-state index contributed by atoms with van der Waals surface area (Å²) in [4.78, 5) is 20.0. The van der Waals surface area contributed by atoms with Gasteiger partial charge in [0.05, 0.1) is 24.6 Å². The van der Waals surface area contributed by atoms with Gasteiger partial charge in [0.25, 0.3) is 0 Å². The van der Waals surface area contributed by atoms with Crippen LogP contribution in [0.5, 0.6) is 11.5 Å². The summed E-state index contributed by atoms with van der Waals surface area (Å²) in [5.41, 5.74) is 5.08. The zero-order chi connectivity index (χ0) is 48.3. The smallest absolute Gasteiger partial charge is 0.236 e. The highest BCUT2D eigenvalue weighted by atomic mass is 32.2. The summed E-state index contributed by atoms with van der Waals surface area (Å²) in [6, 6.07) is 23.6. The van der Waals surface area contributed by atoms with E-state index in [0.717, 1.165) is 101 Å². The number of likely N-dealkylation sites (tertiary alicyclic amines) is 1. The molecule has 6 heterocycles. The molecule has 0 amide bonds. The molecule has 5 aliphatic heterocycles. The maximum atomic E-state index is 11.5. The standard InChI is InChI=1S/C51H71N9O8S/c1-51(2,38-7-12-42(13-8-38)68-34-39-17-20-52-50(53-39)55-69(3,65)66)37-5-10-41(11-6-37)67-28-4-21-56-24-26-58(27-25-56)30-35-18-22-57(23-19-35)31-36-32-59(33-36)40-9-14-43-44(29-40)49(64)60(48(43)63)45-15-16-46(61)54-47(45)62/h5-14,17,20,29,35-36,45-49,54,61-64H,4,15-16,18-19,21-28,30-34H2,1-3H3,(H,52,53,55). The zero-order valence-corrected chi connectivity index (χ0v) is 41.1. The number of rotatable bonds is 18. The van der Waals surface area contributed by atoms with Crippen molar-refractivity contribution < 1.29 is 38.3 Å². The summed E-state index contributed by atoms with van der Waals surface area (Å²) in [7, 11) is -3.47. The average molecular weight is 970 g/mol. The lowest BCUT2D eigenvalue weighted by atomic mass is 9.78. The third-order valence-corrected chi connectivity index (χ3v) is 15.5. The van der Waals surface area contributed by atoms with Crippen molar-refractivity contribution in [2.75, 3.05) is 94.5 Å². The van der Waals surface area contributed by atoms with Gasteiger partial charge in [0.2, 0.25) is 16.0 Å². The van der Waals surface area contributed by atoms with E-state index >= 15 is 0 Å². The van der Waals surface area contributed by atoms with Gasteiger partial charge in [-0.25, -0.2) is 23.3 Å². The van der Waals surface area contributed by atoms with Crippen molar-refractivity contribution in [3.63, 3.8) is 0 Å². The molecule has 9 rings (SSSR count). The number of piperazine rings is 1. The second kappa shape index (κ2) is 21.5.